The molecule has 36 heavy (non-hydrogen) atoms. The zero-order valence-corrected chi connectivity index (χ0v) is 21.8. The second kappa shape index (κ2) is 13.3. The van der Waals surface area contributed by atoms with Crippen molar-refractivity contribution in [2.45, 2.75) is 59.5 Å². The van der Waals surface area contributed by atoms with Gasteiger partial charge in [0.1, 0.15) is 11.9 Å². The lowest BCUT2D eigenvalue weighted by Crippen LogP contribution is -2.39. The van der Waals surface area contributed by atoms with Crippen LogP contribution in [0.25, 0.3) is 0 Å². The Morgan fingerprint density at radius 1 is 1.14 bits per heavy atom. The summed E-state index contributed by atoms with van der Waals surface area (Å²) < 4.78 is 4.94. The van der Waals surface area contributed by atoms with Crippen LogP contribution in [-0.2, 0) is 14.3 Å². The summed E-state index contributed by atoms with van der Waals surface area (Å²) in [6.45, 7) is 10.3. The van der Waals surface area contributed by atoms with Gasteiger partial charge in [-0.2, -0.15) is 0 Å². The number of carbonyl (C=O) groups excluding carboxylic acids is 2. The largest absolute Gasteiger partial charge is 0.465 e. The monoisotopic (exact) mass is 491 g/mol. The lowest BCUT2D eigenvalue weighted by Gasteiger charge is -2.29. The third-order valence-electron chi connectivity index (χ3n) is 5.65. The van der Waals surface area contributed by atoms with Crippen LogP contribution in [0.5, 0.6) is 0 Å². The van der Waals surface area contributed by atoms with Crippen molar-refractivity contribution in [2.75, 3.05) is 23.4 Å². The van der Waals surface area contributed by atoms with E-state index in [2.05, 4.69) is 17.2 Å². The minimum atomic E-state index is -0.816. The number of hydrogen-bond donors (Lipinski definition) is 4. The number of esters is 1. The number of anilines is 2. The van der Waals surface area contributed by atoms with Crippen molar-refractivity contribution in [3.63, 3.8) is 0 Å². The van der Waals surface area contributed by atoms with E-state index in [4.69, 9.17) is 21.6 Å². The highest BCUT2D eigenvalue weighted by molar-refractivity contribution is 5.95. The lowest BCUT2D eigenvalue weighted by atomic mass is 10.0. The topological polar surface area (TPSA) is 135 Å². The van der Waals surface area contributed by atoms with E-state index in [1.807, 2.05) is 52.0 Å². The highest BCUT2D eigenvalue weighted by atomic mass is 16.5. The Morgan fingerprint density at radius 2 is 1.81 bits per heavy atom. The average Bonchev–Trinajstić information content (AvgIpc) is 2.83. The normalized spacial score (nSPS) is 11.3. The molecule has 192 valence electrons. The number of nitrogens with one attached hydrogen (secondary N) is 2. The quantitative estimate of drug-likeness (QED) is 0.174. The molecule has 1 atom stereocenters. The lowest BCUT2D eigenvalue weighted by molar-refractivity contribution is -0.144. The molecular weight excluding hydrogens is 454 g/mol. The fraction of sp³-hybridized carbons (Fsp3) is 0.393. The molecule has 0 bridgehead atoms. The third-order valence-corrected chi connectivity index (χ3v) is 5.65. The van der Waals surface area contributed by atoms with Crippen molar-refractivity contribution in [2.24, 2.45) is 11.5 Å². The molecule has 0 aliphatic heterocycles. The smallest absolute Gasteiger partial charge is 0.322 e. The molecule has 1 amide bonds. The molecular formula is C28H37N5O3. The van der Waals surface area contributed by atoms with E-state index in [0.29, 0.717) is 12.1 Å². The minimum absolute atomic E-state index is 0.0358. The molecule has 2 rings (SSSR count). The number of carbonyl (C=O) groups is 2. The second-order valence-electron chi connectivity index (χ2n) is 8.85. The Kier molecular flexibility index (Phi) is 10.5. The van der Waals surface area contributed by atoms with Gasteiger partial charge in [0.05, 0.1) is 13.2 Å². The predicted molar refractivity (Wildman–Crippen MR) is 145 cm³/mol. The van der Waals surface area contributed by atoms with Crippen LogP contribution < -0.4 is 21.7 Å². The molecule has 0 spiro atoms. The zero-order valence-electron chi connectivity index (χ0n) is 21.8. The predicted octanol–water partition coefficient (Wildman–Crippen LogP) is 3.46. The van der Waals surface area contributed by atoms with Gasteiger partial charge in [-0.3, -0.25) is 15.0 Å². The number of rotatable bonds is 10. The van der Waals surface area contributed by atoms with E-state index in [9.17, 15) is 9.59 Å². The van der Waals surface area contributed by atoms with E-state index in [-0.39, 0.29) is 37.2 Å². The highest BCUT2D eigenvalue weighted by Crippen LogP contribution is 2.27. The standard InChI is InChI=1S/C28H37N5O3/c1-6-36-28(35)24(29)13-14-26(34)33(18(2)3)25-17-19(4)22(16-20(25)5)8-7-15-32-23-11-9-21(10-12-23)27(30)31/h9-12,16-18,24,32H,6,13-15,29H2,1-5H3,(H3,30,31). The molecule has 2 aromatic carbocycles. The fourth-order valence-electron chi connectivity index (χ4n) is 3.72. The van der Waals surface area contributed by atoms with E-state index in [1.165, 1.54) is 0 Å². The van der Waals surface area contributed by atoms with Gasteiger partial charge in [0.15, 0.2) is 0 Å². The molecule has 6 N–H and O–H groups in total. The molecule has 1 unspecified atom stereocenters. The van der Waals surface area contributed by atoms with Crippen molar-refractivity contribution < 1.29 is 14.3 Å². The van der Waals surface area contributed by atoms with Crippen LogP contribution in [0.2, 0.25) is 0 Å². The first kappa shape index (κ1) is 28.4. The first-order valence-electron chi connectivity index (χ1n) is 12.1. The van der Waals surface area contributed by atoms with E-state index < -0.39 is 12.0 Å². The summed E-state index contributed by atoms with van der Waals surface area (Å²) in [5, 5.41) is 10.7. The number of nitrogens with zero attached hydrogens (tertiary/aromatic N) is 1. The molecule has 0 saturated carbocycles. The third kappa shape index (κ3) is 7.85. The van der Waals surface area contributed by atoms with Crippen molar-refractivity contribution >= 4 is 29.1 Å². The summed E-state index contributed by atoms with van der Waals surface area (Å²) >= 11 is 0. The van der Waals surface area contributed by atoms with Gasteiger partial charge < -0.3 is 26.4 Å². The maximum atomic E-state index is 13.1. The van der Waals surface area contributed by atoms with Gasteiger partial charge in [-0.25, -0.2) is 0 Å². The molecule has 0 heterocycles. The first-order valence-corrected chi connectivity index (χ1v) is 12.1. The molecule has 0 fully saturated rings. The summed E-state index contributed by atoms with van der Waals surface area (Å²) in [6, 6.07) is 10.4. The Labute approximate surface area is 213 Å². The Balaban J connectivity index is 2.10. The number of ether oxygens (including phenoxy) is 1. The van der Waals surface area contributed by atoms with Crippen LogP contribution in [0, 0.1) is 31.1 Å². The molecule has 8 heteroatoms. The fourth-order valence-corrected chi connectivity index (χ4v) is 3.72. The van der Waals surface area contributed by atoms with E-state index >= 15 is 0 Å². The maximum Gasteiger partial charge on any atom is 0.322 e. The van der Waals surface area contributed by atoms with Crippen LogP contribution in [0.15, 0.2) is 36.4 Å². The van der Waals surface area contributed by atoms with Gasteiger partial charge in [0.25, 0.3) is 0 Å². The number of aryl methyl sites for hydroxylation is 2. The number of amides is 1. The Hall–Kier alpha value is -3.83. The van der Waals surface area contributed by atoms with Gasteiger partial charge >= 0.3 is 5.97 Å². The van der Waals surface area contributed by atoms with Gasteiger partial charge in [-0.15, -0.1) is 0 Å². The van der Waals surface area contributed by atoms with Crippen LogP contribution in [0.3, 0.4) is 0 Å². The summed E-state index contributed by atoms with van der Waals surface area (Å²) in [4.78, 5) is 26.6. The van der Waals surface area contributed by atoms with Crippen LogP contribution >= 0.6 is 0 Å². The molecule has 0 saturated heterocycles. The second-order valence-corrected chi connectivity index (χ2v) is 8.85. The summed E-state index contributed by atoms with van der Waals surface area (Å²) in [5.41, 5.74) is 16.6. The van der Waals surface area contributed by atoms with Crippen molar-refractivity contribution in [1.29, 1.82) is 5.41 Å². The zero-order chi connectivity index (χ0) is 26.8. The maximum absolute atomic E-state index is 13.1. The summed E-state index contributed by atoms with van der Waals surface area (Å²) in [7, 11) is 0. The highest BCUT2D eigenvalue weighted by Gasteiger charge is 2.24. The van der Waals surface area contributed by atoms with Crippen LogP contribution in [-0.4, -0.2) is 42.9 Å². The molecule has 2 aromatic rings. The number of nitrogens with two attached hydrogens (primary N) is 2. The number of nitrogen functional groups attached to an aromatic ring is 1. The molecule has 0 aliphatic rings. The van der Waals surface area contributed by atoms with Crippen LogP contribution in [0.1, 0.15) is 55.9 Å². The van der Waals surface area contributed by atoms with Gasteiger partial charge in [-0.1, -0.05) is 11.8 Å². The molecule has 8 nitrogen and oxygen atoms in total. The minimum Gasteiger partial charge on any atom is -0.465 e. The van der Waals surface area contributed by atoms with Crippen molar-refractivity contribution in [1.82, 2.24) is 0 Å². The molecule has 0 radical (unpaired) electrons. The number of amidine groups is 1. The molecule has 0 aromatic heterocycles. The van der Waals surface area contributed by atoms with Gasteiger partial charge in [0.2, 0.25) is 5.91 Å². The van der Waals surface area contributed by atoms with Crippen molar-refractivity contribution in [3.05, 3.63) is 58.7 Å². The molecule has 0 aliphatic carbocycles. The van der Waals surface area contributed by atoms with E-state index in [1.54, 1.807) is 24.0 Å². The summed E-state index contributed by atoms with van der Waals surface area (Å²) in [6.07, 6.45) is 0.379. The van der Waals surface area contributed by atoms with Gasteiger partial charge in [0, 0.05) is 35.0 Å². The van der Waals surface area contributed by atoms with Crippen molar-refractivity contribution in [3.8, 4) is 11.8 Å². The summed E-state index contributed by atoms with van der Waals surface area (Å²) in [5.74, 6) is 5.80. The average molecular weight is 492 g/mol. The Bertz CT molecular complexity index is 1150. The number of hydrogen-bond acceptors (Lipinski definition) is 6. The van der Waals surface area contributed by atoms with Gasteiger partial charge in [-0.05, 0) is 88.6 Å². The SMILES string of the molecule is CCOC(=O)C(N)CCC(=O)N(c1cc(C)c(C#CCNc2ccc(C(=N)N)cc2)cc1C)C(C)C. The van der Waals surface area contributed by atoms with Crippen LogP contribution in [0.4, 0.5) is 11.4 Å². The number of benzene rings is 2. The van der Waals surface area contributed by atoms with E-state index in [0.717, 1.165) is 28.1 Å². The first-order chi connectivity index (χ1) is 17.0. The Morgan fingerprint density at radius 3 is 2.39 bits per heavy atom.